The van der Waals surface area contributed by atoms with Crippen LogP contribution in [0.1, 0.15) is 13.8 Å². The van der Waals surface area contributed by atoms with Crippen molar-refractivity contribution in [2.45, 2.75) is 26.2 Å². The topological polar surface area (TPSA) is 60.5 Å². The molecule has 5 nitrogen and oxygen atoms in total. The van der Waals surface area contributed by atoms with Crippen LogP contribution >= 0.6 is 0 Å². The molecule has 2 rings (SSSR count). The molecule has 20 heavy (non-hydrogen) atoms. The van der Waals surface area contributed by atoms with Crippen molar-refractivity contribution in [2.24, 2.45) is 0 Å². The van der Waals surface area contributed by atoms with Gasteiger partial charge in [-0.3, -0.25) is 9.78 Å². The number of benzene rings is 1. The number of ether oxygens (including phenoxy) is 2. The fourth-order valence-corrected chi connectivity index (χ4v) is 1.81. The Bertz CT molecular complexity index is 598. The van der Waals surface area contributed by atoms with E-state index in [-0.39, 0.29) is 11.9 Å². The first kappa shape index (κ1) is 14.3. The van der Waals surface area contributed by atoms with Crippen LogP contribution in [0.3, 0.4) is 0 Å². The molecule has 0 saturated carbocycles. The number of rotatable bonds is 5. The number of methoxy groups -OCH3 is 1. The lowest BCUT2D eigenvalue weighted by molar-refractivity contribution is -0.148. The zero-order chi connectivity index (χ0) is 14.5. The molecule has 5 heteroatoms. The summed E-state index contributed by atoms with van der Waals surface area (Å²) < 4.78 is 10.7. The minimum atomic E-state index is -0.966. The number of fused-ring (bicyclic) bond motifs is 1. The van der Waals surface area contributed by atoms with Crippen molar-refractivity contribution in [1.29, 1.82) is 0 Å². The van der Waals surface area contributed by atoms with Crippen LogP contribution < -0.4 is 10.1 Å². The van der Waals surface area contributed by atoms with Crippen LogP contribution in [0.4, 0.5) is 0 Å². The van der Waals surface area contributed by atoms with Gasteiger partial charge < -0.3 is 14.8 Å². The SMILES string of the molecule is COC(Oc1ccc2ncccc2c1)C(=O)NC(C)C. The average Bonchev–Trinajstić information content (AvgIpc) is 2.43. The van der Waals surface area contributed by atoms with Crippen LogP contribution in [-0.2, 0) is 9.53 Å². The summed E-state index contributed by atoms with van der Waals surface area (Å²) in [6, 6.07) is 9.26. The van der Waals surface area contributed by atoms with E-state index < -0.39 is 6.29 Å². The van der Waals surface area contributed by atoms with Gasteiger partial charge in [-0.15, -0.1) is 0 Å². The number of hydrogen-bond acceptors (Lipinski definition) is 4. The van der Waals surface area contributed by atoms with E-state index >= 15 is 0 Å². The third kappa shape index (κ3) is 3.45. The number of carbonyl (C=O) groups is 1. The molecule has 0 fully saturated rings. The molecule has 1 amide bonds. The Kier molecular flexibility index (Phi) is 4.53. The van der Waals surface area contributed by atoms with E-state index in [0.29, 0.717) is 5.75 Å². The van der Waals surface area contributed by atoms with Gasteiger partial charge in [0.15, 0.2) is 0 Å². The fourth-order valence-electron chi connectivity index (χ4n) is 1.81. The molecule has 1 N–H and O–H groups in total. The van der Waals surface area contributed by atoms with Crippen LogP contribution in [0.2, 0.25) is 0 Å². The minimum Gasteiger partial charge on any atom is -0.455 e. The molecule has 0 bridgehead atoms. The first-order valence-corrected chi connectivity index (χ1v) is 6.45. The summed E-state index contributed by atoms with van der Waals surface area (Å²) in [6.07, 6.45) is 0.767. The van der Waals surface area contributed by atoms with Crippen LogP contribution in [-0.4, -0.2) is 30.3 Å². The molecule has 1 aromatic carbocycles. The molecule has 1 atom stereocenters. The van der Waals surface area contributed by atoms with Crippen LogP contribution in [0.25, 0.3) is 10.9 Å². The lowest BCUT2D eigenvalue weighted by Crippen LogP contribution is -2.42. The first-order valence-electron chi connectivity index (χ1n) is 6.45. The molecule has 0 aliphatic rings. The Hall–Kier alpha value is -2.14. The van der Waals surface area contributed by atoms with E-state index in [1.807, 2.05) is 38.1 Å². The maximum absolute atomic E-state index is 11.9. The third-order valence-corrected chi connectivity index (χ3v) is 2.68. The molecule has 1 heterocycles. The van der Waals surface area contributed by atoms with Gasteiger partial charge in [0.25, 0.3) is 12.2 Å². The molecule has 2 aromatic rings. The fraction of sp³-hybridized carbons (Fsp3) is 0.333. The van der Waals surface area contributed by atoms with Crippen LogP contribution in [0, 0.1) is 0 Å². The molecule has 0 saturated heterocycles. The molecule has 1 unspecified atom stereocenters. The average molecular weight is 274 g/mol. The second-order valence-electron chi connectivity index (χ2n) is 4.71. The summed E-state index contributed by atoms with van der Waals surface area (Å²) in [6.45, 7) is 3.76. The predicted octanol–water partition coefficient (Wildman–Crippen LogP) is 2.11. The molecule has 0 spiro atoms. The Balaban J connectivity index is 2.14. The van der Waals surface area contributed by atoms with Crippen LogP contribution in [0.5, 0.6) is 5.75 Å². The van der Waals surface area contributed by atoms with Gasteiger partial charge in [0, 0.05) is 24.7 Å². The van der Waals surface area contributed by atoms with Crippen molar-refractivity contribution in [3.05, 3.63) is 36.5 Å². The quantitative estimate of drug-likeness (QED) is 0.848. The zero-order valence-corrected chi connectivity index (χ0v) is 11.8. The van der Waals surface area contributed by atoms with Crippen molar-refractivity contribution in [2.75, 3.05) is 7.11 Å². The molecule has 1 aromatic heterocycles. The van der Waals surface area contributed by atoms with Crippen molar-refractivity contribution < 1.29 is 14.3 Å². The van der Waals surface area contributed by atoms with Gasteiger partial charge in [0.1, 0.15) is 5.75 Å². The maximum Gasteiger partial charge on any atom is 0.289 e. The highest BCUT2D eigenvalue weighted by molar-refractivity contribution is 5.81. The number of pyridine rings is 1. The monoisotopic (exact) mass is 274 g/mol. The molecular weight excluding hydrogens is 256 g/mol. The summed E-state index contributed by atoms with van der Waals surface area (Å²) in [5.74, 6) is 0.269. The number of carbonyl (C=O) groups excluding carboxylic acids is 1. The number of aromatic nitrogens is 1. The van der Waals surface area contributed by atoms with Gasteiger partial charge in [-0.1, -0.05) is 6.07 Å². The van der Waals surface area contributed by atoms with Gasteiger partial charge in [0.05, 0.1) is 5.52 Å². The van der Waals surface area contributed by atoms with Gasteiger partial charge in [-0.05, 0) is 38.1 Å². The Morgan fingerprint density at radius 2 is 2.10 bits per heavy atom. The molecular formula is C15H18N2O3. The Labute approximate surface area is 117 Å². The summed E-state index contributed by atoms with van der Waals surface area (Å²) in [7, 11) is 1.44. The minimum absolute atomic E-state index is 0.0320. The van der Waals surface area contributed by atoms with Crippen molar-refractivity contribution in [3.8, 4) is 5.75 Å². The molecule has 106 valence electrons. The smallest absolute Gasteiger partial charge is 0.289 e. The van der Waals surface area contributed by atoms with Crippen molar-refractivity contribution >= 4 is 16.8 Å². The Morgan fingerprint density at radius 1 is 1.30 bits per heavy atom. The van der Waals surface area contributed by atoms with Crippen LogP contribution in [0.15, 0.2) is 36.5 Å². The van der Waals surface area contributed by atoms with E-state index in [0.717, 1.165) is 10.9 Å². The molecule has 0 aliphatic carbocycles. The van der Waals surface area contributed by atoms with E-state index in [9.17, 15) is 4.79 Å². The molecule has 0 radical (unpaired) electrons. The van der Waals surface area contributed by atoms with Gasteiger partial charge >= 0.3 is 0 Å². The second-order valence-corrected chi connectivity index (χ2v) is 4.71. The van der Waals surface area contributed by atoms with Gasteiger partial charge in [0.2, 0.25) is 0 Å². The largest absolute Gasteiger partial charge is 0.455 e. The highest BCUT2D eigenvalue weighted by Gasteiger charge is 2.20. The number of hydrogen-bond donors (Lipinski definition) is 1. The lowest BCUT2D eigenvalue weighted by atomic mass is 10.2. The Morgan fingerprint density at radius 3 is 2.80 bits per heavy atom. The molecule has 0 aliphatic heterocycles. The summed E-state index contributed by atoms with van der Waals surface area (Å²) in [5, 5.41) is 3.70. The standard InChI is InChI=1S/C15H18N2O3/c1-10(2)17-14(18)15(19-3)20-12-6-7-13-11(9-12)5-4-8-16-13/h4-10,15H,1-3H3,(H,17,18). The summed E-state index contributed by atoms with van der Waals surface area (Å²) in [4.78, 5) is 16.1. The number of amides is 1. The zero-order valence-electron chi connectivity index (χ0n) is 11.8. The third-order valence-electron chi connectivity index (χ3n) is 2.68. The summed E-state index contributed by atoms with van der Waals surface area (Å²) in [5.41, 5.74) is 0.875. The predicted molar refractivity (Wildman–Crippen MR) is 76.4 cm³/mol. The first-order chi connectivity index (χ1) is 9.60. The second kappa shape index (κ2) is 6.34. The highest BCUT2D eigenvalue weighted by Crippen LogP contribution is 2.20. The van der Waals surface area contributed by atoms with E-state index in [2.05, 4.69) is 10.3 Å². The lowest BCUT2D eigenvalue weighted by Gasteiger charge is -2.18. The number of nitrogens with zero attached hydrogens (tertiary/aromatic N) is 1. The number of nitrogens with one attached hydrogen (secondary N) is 1. The summed E-state index contributed by atoms with van der Waals surface area (Å²) >= 11 is 0. The van der Waals surface area contributed by atoms with E-state index in [4.69, 9.17) is 9.47 Å². The normalized spacial score (nSPS) is 12.4. The van der Waals surface area contributed by atoms with Gasteiger partial charge in [-0.2, -0.15) is 0 Å². The van der Waals surface area contributed by atoms with E-state index in [1.54, 1.807) is 12.3 Å². The maximum atomic E-state index is 11.9. The van der Waals surface area contributed by atoms with Crippen molar-refractivity contribution in [3.63, 3.8) is 0 Å². The van der Waals surface area contributed by atoms with E-state index in [1.165, 1.54) is 7.11 Å². The highest BCUT2D eigenvalue weighted by atomic mass is 16.7. The van der Waals surface area contributed by atoms with Crippen molar-refractivity contribution in [1.82, 2.24) is 10.3 Å². The van der Waals surface area contributed by atoms with Gasteiger partial charge in [-0.25, -0.2) is 0 Å².